The number of carbonyl (C=O) groups is 2. The van der Waals surface area contributed by atoms with Crippen LogP contribution in [0.25, 0.3) is 0 Å². The molecule has 1 saturated heterocycles. The van der Waals surface area contributed by atoms with Crippen LogP contribution in [0.3, 0.4) is 0 Å². The fourth-order valence-corrected chi connectivity index (χ4v) is 4.47. The van der Waals surface area contributed by atoms with Gasteiger partial charge in [0.1, 0.15) is 12.2 Å². The van der Waals surface area contributed by atoms with Gasteiger partial charge in [0.25, 0.3) is 0 Å². The van der Waals surface area contributed by atoms with E-state index in [1.54, 1.807) is 4.90 Å². The largest absolute Gasteiger partial charge is 0.336 e. The molecule has 0 unspecified atom stereocenters. The highest BCUT2D eigenvalue weighted by Crippen LogP contribution is 2.26. The molecule has 3 aliphatic rings. The first-order valence-electron chi connectivity index (χ1n) is 9.68. The van der Waals surface area contributed by atoms with Crippen molar-refractivity contribution in [2.24, 2.45) is 0 Å². The van der Waals surface area contributed by atoms with Crippen LogP contribution < -0.4 is 5.32 Å². The molecule has 2 atom stereocenters. The standard InChI is InChI=1S/C20H26FN3O2/c21-16-11-18(24(13-16)20(26)22-17-7-3-4-8-17)19(25)23-10-9-14-5-1-2-6-15(14)12-23/h1-2,5-6,16-18H,3-4,7-13H2,(H,22,26)/t16-,18-/m0/s1. The predicted molar refractivity (Wildman–Crippen MR) is 96.4 cm³/mol. The monoisotopic (exact) mass is 359 g/mol. The van der Waals surface area contributed by atoms with E-state index >= 15 is 0 Å². The third-order valence-corrected chi connectivity index (χ3v) is 5.92. The van der Waals surface area contributed by atoms with Crippen LogP contribution in [-0.2, 0) is 17.8 Å². The molecule has 26 heavy (non-hydrogen) atoms. The quantitative estimate of drug-likeness (QED) is 0.883. The van der Waals surface area contributed by atoms with Gasteiger partial charge in [-0.3, -0.25) is 4.79 Å². The molecule has 2 aliphatic heterocycles. The van der Waals surface area contributed by atoms with Gasteiger partial charge in [-0.15, -0.1) is 0 Å². The molecule has 5 nitrogen and oxygen atoms in total. The van der Waals surface area contributed by atoms with Gasteiger partial charge in [0, 0.05) is 25.6 Å². The Kier molecular flexibility index (Phi) is 4.83. The van der Waals surface area contributed by atoms with Gasteiger partial charge in [-0.05, 0) is 30.4 Å². The first kappa shape index (κ1) is 17.3. The van der Waals surface area contributed by atoms with Gasteiger partial charge < -0.3 is 15.1 Å². The Bertz CT molecular complexity index is 689. The molecule has 2 heterocycles. The van der Waals surface area contributed by atoms with Crippen molar-refractivity contribution in [1.29, 1.82) is 0 Å². The topological polar surface area (TPSA) is 52.7 Å². The number of fused-ring (bicyclic) bond motifs is 1. The van der Waals surface area contributed by atoms with E-state index in [0.717, 1.165) is 37.7 Å². The van der Waals surface area contributed by atoms with Gasteiger partial charge in [-0.2, -0.15) is 0 Å². The number of halogens is 1. The third kappa shape index (κ3) is 3.41. The second-order valence-corrected chi connectivity index (χ2v) is 7.71. The Morgan fingerprint density at radius 2 is 1.85 bits per heavy atom. The summed E-state index contributed by atoms with van der Waals surface area (Å²) in [5.41, 5.74) is 2.41. The molecule has 2 fully saturated rings. The number of carbonyl (C=O) groups excluding carboxylic acids is 2. The number of nitrogens with one attached hydrogen (secondary N) is 1. The first-order chi connectivity index (χ1) is 12.6. The smallest absolute Gasteiger partial charge is 0.318 e. The van der Waals surface area contributed by atoms with Crippen molar-refractivity contribution in [1.82, 2.24) is 15.1 Å². The van der Waals surface area contributed by atoms with Crippen molar-refractivity contribution in [3.8, 4) is 0 Å². The predicted octanol–water partition coefficient (Wildman–Crippen LogP) is 2.64. The van der Waals surface area contributed by atoms with Gasteiger partial charge in [-0.1, -0.05) is 37.1 Å². The fraction of sp³-hybridized carbons (Fsp3) is 0.600. The zero-order valence-electron chi connectivity index (χ0n) is 15.0. The average molecular weight is 359 g/mol. The number of amides is 3. The van der Waals surface area contributed by atoms with Crippen molar-refractivity contribution in [3.63, 3.8) is 0 Å². The van der Waals surface area contributed by atoms with Crippen molar-refractivity contribution in [2.45, 2.75) is 63.3 Å². The summed E-state index contributed by atoms with van der Waals surface area (Å²) in [4.78, 5) is 28.9. The number of hydrogen-bond acceptors (Lipinski definition) is 2. The van der Waals surface area contributed by atoms with Crippen LogP contribution in [0.15, 0.2) is 24.3 Å². The summed E-state index contributed by atoms with van der Waals surface area (Å²) in [5, 5.41) is 2.99. The van der Waals surface area contributed by atoms with Crippen LogP contribution >= 0.6 is 0 Å². The number of likely N-dealkylation sites (tertiary alicyclic amines) is 1. The summed E-state index contributed by atoms with van der Waals surface area (Å²) in [5.74, 6) is -0.124. The molecule has 0 bridgehead atoms. The summed E-state index contributed by atoms with van der Waals surface area (Å²) >= 11 is 0. The lowest BCUT2D eigenvalue weighted by Crippen LogP contribution is -2.52. The second kappa shape index (κ2) is 7.25. The van der Waals surface area contributed by atoms with Crippen LogP contribution in [0.4, 0.5) is 9.18 Å². The minimum Gasteiger partial charge on any atom is -0.336 e. The highest BCUT2D eigenvalue weighted by Gasteiger charge is 2.42. The van der Waals surface area contributed by atoms with E-state index in [2.05, 4.69) is 11.4 Å². The van der Waals surface area contributed by atoms with Gasteiger partial charge in [-0.25, -0.2) is 9.18 Å². The Morgan fingerprint density at radius 3 is 2.62 bits per heavy atom. The van der Waals surface area contributed by atoms with Gasteiger partial charge in [0.15, 0.2) is 0 Å². The van der Waals surface area contributed by atoms with Crippen molar-refractivity contribution >= 4 is 11.9 Å². The summed E-state index contributed by atoms with van der Waals surface area (Å²) in [6.07, 6.45) is 3.96. The number of hydrogen-bond donors (Lipinski definition) is 1. The molecule has 0 spiro atoms. The zero-order chi connectivity index (χ0) is 18.1. The molecule has 3 amide bonds. The highest BCUT2D eigenvalue weighted by atomic mass is 19.1. The van der Waals surface area contributed by atoms with Crippen molar-refractivity contribution < 1.29 is 14.0 Å². The molecular weight excluding hydrogens is 333 g/mol. The lowest BCUT2D eigenvalue weighted by atomic mass is 9.99. The van der Waals surface area contributed by atoms with Crippen LogP contribution in [0.1, 0.15) is 43.2 Å². The number of benzene rings is 1. The molecular formula is C20H26FN3O2. The van der Waals surface area contributed by atoms with Gasteiger partial charge in [0.05, 0.1) is 6.54 Å². The van der Waals surface area contributed by atoms with Gasteiger partial charge >= 0.3 is 6.03 Å². The lowest BCUT2D eigenvalue weighted by Gasteiger charge is -2.33. The van der Waals surface area contributed by atoms with Crippen molar-refractivity contribution in [3.05, 3.63) is 35.4 Å². The molecule has 4 rings (SSSR count). The maximum Gasteiger partial charge on any atom is 0.318 e. The summed E-state index contributed by atoms with van der Waals surface area (Å²) in [6.45, 7) is 1.18. The Morgan fingerprint density at radius 1 is 1.12 bits per heavy atom. The van der Waals surface area contributed by atoms with E-state index in [9.17, 15) is 14.0 Å². The SMILES string of the molecule is O=C([C@@H]1C[C@H](F)CN1C(=O)NC1CCCC1)N1CCc2ccccc2C1. The van der Waals surface area contributed by atoms with Crippen LogP contribution in [0, 0.1) is 0 Å². The van der Waals surface area contributed by atoms with E-state index in [4.69, 9.17) is 0 Å². The third-order valence-electron chi connectivity index (χ3n) is 5.92. The zero-order valence-corrected chi connectivity index (χ0v) is 15.0. The van der Waals surface area contributed by atoms with E-state index in [-0.39, 0.29) is 30.9 Å². The maximum absolute atomic E-state index is 14.1. The summed E-state index contributed by atoms with van der Waals surface area (Å²) < 4.78 is 14.1. The highest BCUT2D eigenvalue weighted by molar-refractivity contribution is 5.88. The lowest BCUT2D eigenvalue weighted by molar-refractivity contribution is -0.136. The van der Waals surface area contributed by atoms with Gasteiger partial charge in [0.2, 0.25) is 5.91 Å². The summed E-state index contributed by atoms with van der Waals surface area (Å²) in [6, 6.07) is 7.30. The Balaban J connectivity index is 1.44. The molecule has 0 radical (unpaired) electrons. The minimum absolute atomic E-state index is 0.0133. The number of nitrogens with zero attached hydrogens (tertiary/aromatic N) is 2. The Labute approximate surface area is 153 Å². The molecule has 140 valence electrons. The fourth-order valence-electron chi connectivity index (χ4n) is 4.47. The Hall–Kier alpha value is -2.11. The molecule has 1 aromatic carbocycles. The molecule has 1 saturated carbocycles. The normalized spacial score (nSPS) is 26.0. The van der Waals surface area contributed by atoms with E-state index in [0.29, 0.717) is 13.1 Å². The van der Waals surface area contributed by atoms with E-state index < -0.39 is 12.2 Å². The second-order valence-electron chi connectivity index (χ2n) is 7.71. The minimum atomic E-state index is -1.13. The number of rotatable bonds is 2. The van der Waals surface area contributed by atoms with Crippen LogP contribution in [-0.4, -0.2) is 53.1 Å². The molecule has 0 aromatic heterocycles. The number of urea groups is 1. The molecule has 1 aromatic rings. The average Bonchev–Trinajstić information content (AvgIpc) is 3.30. The number of alkyl halides is 1. The molecule has 1 N–H and O–H groups in total. The molecule has 1 aliphatic carbocycles. The maximum atomic E-state index is 14.1. The van der Waals surface area contributed by atoms with Crippen LogP contribution in [0.5, 0.6) is 0 Å². The van der Waals surface area contributed by atoms with Crippen molar-refractivity contribution in [2.75, 3.05) is 13.1 Å². The van der Waals surface area contributed by atoms with Crippen LogP contribution in [0.2, 0.25) is 0 Å². The first-order valence-corrected chi connectivity index (χ1v) is 9.68. The van der Waals surface area contributed by atoms with E-state index in [1.165, 1.54) is 10.5 Å². The molecule has 6 heteroatoms. The van der Waals surface area contributed by atoms with E-state index in [1.807, 2.05) is 18.2 Å². The summed E-state index contributed by atoms with van der Waals surface area (Å²) in [7, 11) is 0.